The summed E-state index contributed by atoms with van der Waals surface area (Å²) < 4.78 is 2.71. The van der Waals surface area contributed by atoms with E-state index in [-0.39, 0.29) is 0 Å². The Morgan fingerprint density at radius 1 is 1.31 bits per heavy atom. The summed E-state index contributed by atoms with van der Waals surface area (Å²) in [5, 5.41) is 8.96. The summed E-state index contributed by atoms with van der Waals surface area (Å²) in [6.07, 6.45) is 1.77. The van der Waals surface area contributed by atoms with Crippen LogP contribution in [0.25, 0.3) is 0 Å². The molecule has 2 rings (SSSR count). The summed E-state index contributed by atoms with van der Waals surface area (Å²) in [6, 6.07) is 11.2. The molecule has 1 aromatic carbocycles. The molecule has 0 atom stereocenters. The molecule has 0 fully saturated rings. The third kappa shape index (κ3) is 2.33. The molecule has 0 radical (unpaired) electrons. The van der Waals surface area contributed by atoms with Crippen LogP contribution in [-0.4, -0.2) is 15.6 Å². The van der Waals surface area contributed by atoms with Gasteiger partial charge >= 0.3 is 5.97 Å². The first-order valence-electron chi connectivity index (χ1n) is 4.80. The maximum atomic E-state index is 10.9. The number of halogens is 1. The molecule has 0 saturated heterocycles. The van der Waals surface area contributed by atoms with Crippen LogP contribution in [0.5, 0.6) is 0 Å². The molecule has 0 spiro atoms. The van der Waals surface area contributed by atoms with Gasteiger partial charge in [0.05, 0.1) is 0 Å². The van der Waals surface area contributed by atoms with E-state index in [2.05, 4.69) is 15.9 Å². The van der Waals surface area contributed by atoms with Gasteiger partial charge in [0, 0.05) is 17.2 Å². The number of benzene rings is 1. The van der Waals surface area contributed by atoms with E-state index in [0.29, 0.717) is 12.2 Å². The summed E-state index contributed by atoms with van der Waals surface area (Å²) >= 11 is 3.39. The molecule has 2 aromatic rings. The van der Waals surface area contributed by atoms with Gasteiger partial charge in [0.15, 0.2) is 0 Å². The average Bonchev–Trinajstić information content (AvgIpc) is 2.66. The molecule has 0 aliphatic carbocycles. The van der Waals surface area contributed by atoms with Crippen molar-refractivity contribution in [2.24, 2.45) is 0 Å². The largest absolute Gasteiger partial charge is 0.477 e. The van der Waals surface area contributed by atoms with E-state index < -0.39 is 5.97 Å². The van der Waals surface area contributed by atoms with E-state index >= 15 is 0 Å². The minimum atomic E-state index is -0.903. The van der Waals surface area contributed by atoms with Gasteiger partial charge in [0.25, 0.3) is 0 Å². The Kier molecular flexibility index (Phi) is 3.10. The van der Waals surface area contributed by atoms with Crippen LogP contribution >= 0.6 is 15.9 Å². The second kappa shape index (κ2) is 4.53. The minimum Gasteiger partial charge on any atom is -0.477 e. The summed E-state index contributed by atoms with van der Waals surface area (Å²) in [7, 11) is 0. The Labute approximate surface area is 101 Å². The number of rotatable bonds is 3. The van der Waals surface area contributed by atoms with Gasteiger partial charge in [-0.3, -0.25) is 0 Å². The third-order valence-electron chi connectivity index (χ3n) is 2.29. The maximum absolute atomic E-state index is 10.9. The molecule has 1 N–H and O–H groups in total. The summed E-state index contributed by atoms with van der Waals surface area (Å²) in [5.41, 5.74) is 1.37. The van der Waals surface area contributed by atoms with Crippen molar-refractivity contribution in [2.45, 2.75) is 6.54 Å². The number of carboxylic acid groups (broad SMARTS) is 1. The summed E-state index contributed by atoms with van der Waals surface area (Å²) in [5.74, 6) is -0.903. The van der Waals surface area contributed by atoms with Crippen LogP contribution in [0.3, 0.4) is 0 Å². The molecular formula is C12H10BrNO2. The molecule has 0 aliphatic rings. The Balaban J connectivity index is 2.27. The van der Waals surface area contributed by atoms with Crippen molar-refractivity contribution in [1.29, 1.82) is 0 Å². The van der Waals surface area contributed by atoms with Crippen LogP contribution in [0, 0.1) is 0 Å². The zero-order valence-corrected chi connectivity index (χ0v) is 10.0. The predicted octanol–water partition coefficient (Wildman–Crippen LogP) is 3.00. The highest BCUT2D eigenvalue weighted by Gasteiger charge is 2.08. The molecular weight excluding hydrogens is 270 g/mol. The summed E-state index contributed by atoms with van der Waals surface area (Å²) in [4.78, 5) is 10.9. The lowest BCUT2D eigenvalue weighted by Crippen LogP contribution is -2.08. The molecule has 1 aromatic heterocycles. The van der Waals surface area contributed by atoms with Gasteiger partial charge < -0.3 is 9.67 Å². The second-order valence-electron chi connectivity index (χ2n) is 3.46. The first kappa shape index (κ1) is 11.0. The molecule has 1 heterocycles. The van der Waals surface area contributed by atoms with Crippen LogP contribution in [0.15, 0.2) is 47.1 Å². The highest BCUT2D eigenvalue weighted by atomic mass is 79.9. The lowest BCUT2D eigenvalue weighted by molar-refractivity contribution is 0.0685. The van der Waals surface area contributed by atoms with Gasteiger partial charge in [-0.1, -0.05) is 28.1 Å². The molecule has 0 saturated carbocycles. The van der Waals surface area contributed by atoms with Crippen molar-refractivity contribution in [3.05, 3.63) is 58.3 Å². The number of hydrogen-bond donors (Lipinski definition) is 1. The molecule has 4 heteroatoms. The molecule has 3 nitrogen and oxygen atoms in total. The van der Waals surface area contributed by atoms with Gasteiger partial charge in [-0.2, -0.15) is 0 Å². The molecule has 0 unspecified atom stereocenters. The summed E-state index contributed by atoms with van der Waals surface area (Å²) in [6.45, 7) is 0.564. The van der Waals surface area contributed by atoms with Gasteiger partial charge in [-0.15, -0.1) is 0 Å². The van der Waals surface area contributed by atoms with E-state index in [0.717, 1.165) is 10.0 Å². The number of aromatic nitrogens is 1. The molecule has 0 amide bonds. The zero-order chi connectivity index (χ0) is 11.5. The lowest BCUT2D eigenvalue weighted by atomic mass is 10.2. The highest BCUT2D eigenvalue weighted by Crippen LogP contribution is 2.14. The van der Waals surface area contributed by atoms with E-state index in [1.54, 1.807) is 22.9 Å². The van der Waals surface area contributed by atoms with Crippen molar-refractivity contribution < 1.29 is 9.90 Å². The smallest absolute Gasteiger partial charge is 0.352 e. The van der Waals surface area contributed by atoms with Gasteiger partial charge in [-0.25, -0.2) is 4.79 Å². The number of hydrogen-bond acceptors (Lipinski definition) is 1. The Bertz CT molecular complexity index is 519. The monoisotopic (exact) mass is 279 g/mol. The number of carboxylic acids is 1. The van der Waals surface area contributed by atoms with E-state index in [1.165, 1.54) is 0 Å². The Morgan fingerprint density at radius 3 is 2.81 bits per heavy atom. The number of nitrogens with zero attached hydrogens (tertiary/aromatic N) is 1. The molecule has 82 valence electrons. The van der Waals surface area contributed by atoms with Crippen molar-refractivity contribution >= 4 is 21.9 Å². The van der Waals surface area contributed by atoms with E-state index in [1.807, 2.05) is 24.3 Å². The fourth-order valence-electron chi connectivity index (χ4n) is 1.58. The lowest BCUT2D eigenvalue weighted by Gasteiger charge is -2.06. The SMILES string of the molecule is O=C(O)c1cccn1Cc1cccc(Br)c1. The Morgan fingerprint density at radius 2 is 2.12 bits per heavy atom. The first-order chi connectivity index (χ1) is 7.66. The van der Waals surface area contributed by atoms with Gasteiger partial charge in [0.1, 0.15) is 5.69 Å². The van der Waals surface area contributed by atoms with Crippen molar-refractivity contribution in [2.75, 3.05) is 0 Å². The van der Waals surface area contributed by atoms with Gasteiger partial charge in [0.2, 0.25) is 0 Å². The normalized spacial score (nSPS) is 10.3. The number of aromatic carboxylic acids is 1. The quantitative estimate of drug-likeness (QED) is 0.939. The fraction of sp³-hybridized carbons (Fsp3) is 0.0833. The van der Waals surface area contributed by atoms with Gasteiger partial charge in [-0.05, 0) is 29.8 Å². The van der Waals surface area contributed by atoms with Crippen LogP contribution in [0.2, 0.25) is 0 Å². The van der Waals surface area contributed by atoms with Crippen molar-refractivity contribution in [3.63, 3.8) is 0 Å². The van der Waals surface area contributed by atoms with Crippen LogP contribution in [0.1, 0.15) is 16.1 Å². The van der Waals surface area contributed by atoms with Crippen LogP contribution in [-0.2, 0) is 6.54 Å². The van der Waals surface area contributed by atoms with Crippen molar-refractivity contribution in [3.8, 4) is 0 Å². The molecule has 0 bridgehead atoms. The minimum absolute atomic E-state index is 0.306. The number of carbonyl (C=O) groups is 1. The fourth-order valence-corrected chi connectivity index (χ4v) is 2.02. The van der Waals surface area contributed by atoms with Crippen LogP contribution < -0.4 is 0 Å². The average molecular weight is 280 g/mol. The molecule has 16 heavy (non-hydrogen) atoms. The predicted molar refractivity (Wildman–Crippen MR) is 64.6 cm³/mol. The van der Waals surface area contributed by atoms with Crippen LogP contribution in [0.4, 0.5) is 0 Å². The third-order valence-corrected chi connectivity index (χ3v) is 2.78. The first-order valence-corrected chi connectivity index (χ1v) is 5.59. The topological polar surface area (TPSA) is 42.2 Å². The maximum Gasteiger partial charge on any atom is 0.352 e. The second-order valence-corrected chi connectivity index (χ2v) is 4.37. The Hall–Kier alpha value is -1.55. The van der Waals surface area contributed by atoms with E-state index in [4.69, 9.17) is 5.11 Å². The van der Waals surface area contributed by atoms with E-state index in [9.17, 15) is 4.79 Å². The highest BCUT2D eigenvalue weighted by molar-refractivity contribution is 9.10. The standard InChI is InChI=1S/C12H10BrNO2/c13-10-4-1-3-9(7-10)8-14-6-2-5-11(14)12(15)16/h1-7H,8H2,(H,15,16). The van der Waals surface area contributed by atoms with Crippen molar-refractivity contribution in [1.82, 2.24) is 4.57 Å². The molecule has 0 aliphatic heterocycles. The zero-order valence-electron chi connectivity index (χ0n) is 8.43.